The van der Waals surface area contributed by atoms with E-state index in [-0.39, 0.29) is 6.09 Å². The molecule has 1 amide bonds. The molecular weight excluding hydrogens is 282 g/mol. The first-order valence-electron chi connectivity index (χ1n) is 7.47. The third kappa shape index (κ3) is 5.31. The normalized spacial score (nSPS) is 14.0. The Hall–Kier alpha value is -2.17. The standard InChI is InChI=1S/C17H23NO4/c1-17(2,3)22-16(19)18-9-5-4-6-13-7-8-14-15(12-13)21-11-10-20-14/h4,6-8,12H,5,9-11H2,1-3H3,(H,18,19). The summed E-state index contributed by atoms with van der Waals surface area (Å²) in [5, 5.41) is 2.72. The summed E-state index contributed by atoms with van der Waals surface area (Å²) in [6.07, 6.45) is 4.34. The van der Waals surface area contributed by atoms with Crippen molar-refractivity contribution in [3.05, 3.63) is 29.8 Å². The van der Waals surface area contributed by atoms with Crippen LogP contribution in [-0.4, -0.2) is 31.5 Å². The first-order valence-corrected chi connectivity index (χ1v) is 7.47. The fraction of sp³-hybridized carbons (Fsp3) is 0.471. The fourth-order valence-corrected chi connectivity index (χ4v) is 1.95. The average molecular weight is 305 g/mol. The van der Waals surface area contributed by atoms with Crippen molar-refractivity contribution in [2.45, 2.75) is 32.8 Å². The maximum Gasteiger partial charge on any atom is 0.407 e. The van der Waals surface area contributed by atoms with Crippen LogP contribution in [0.2, 0.25) is 0 Å². The van der Waals surface area contributed by atoms with Crippen LogP contribution in [0.25, 0.3) is 6.08 Å². The van der Waals surface area contributed by atoms with Gasteiger partial charge < -0.3 is 19.5 Å². The van der Waals surface area contributed by atoms with Crippen molar-refractivity contribution in [3.63, 3.8) is 0 Å². The van der Waals surface area contributed by atoms with E-state index < -0.39 is 5.60 Å². The van der Waals surface area contributed by atoms with Gasteiger partial charge >= 0.3 is 6.09 Å². The topological polar surface area (TPSA) is 56.8 Å². The Bertz CT molecular complexity index is 546. The van der Waals surface area contributed by atoms with Crippen LogP contribution in [0.4, 0.5) is 4.79 Å². The van der Waals surface area contributed by atoms with E-state index in [1.807, 2.05) is 51.1 Å². The summed E-state index contributed by atoms with van der Waals surface area (Å²) >= 11 is 0. The minimum absolute atomic E-state index is 0.389. The van der Waals surface area contributed by atoms with Gasteiger partial charge in [-0.15, -0.1) is 0 Å². The molecule has 1 N–H and O–H groups in total. The van der Waals surface area contributed by atoms with Gasteiger partial charge in [-0.3, -0.25) is 0 Å². The molecule has 0 aliphatic carbocycles. The number of amides is 1. The zero-order valence-electron chi connectivity index (χ0n) is 13.3. The van der Waals surface area contributed by atoms with E-state index in [1.165, 1.54) is 0 Å². The Morgan fingerprint density at radius 3 is 2.73 bits per heavy atom. The molecule has 0 fully saturated rings. The van der Waals surface area contributed by atoms with Crippen molar-refractivity contribution in [1.29, 1.82) is 0 Å². The molecule has 0 saturated heterocycles. The lowest BCUT2D eigenvalue weighted by atomic mass is 10.1. The number of carbonyl (C=O) groups is 1. The minimum Gasteiger partial charge on any atom is -0.486 e. The largest absolute Gasteiger partial charge is 0.486 e. The molecular formula is C17H23NO4. The van der Waals surface area contributed by atoms with Crippen molar-refractivity contribution in [3.8, 4) is 11.5 Å². The minimum atomic E-state index is -0.467. The molecule has 0 bridgehead atoms. The molecule has 1 aromatic carbocycles. The fourth-order valence-electron chi connectivity index (χ4n) is 1.95. The second-order valence-corrected chi connectivity index (χ2v) is 6.02. The lowest BCUT2D eigenvalue weighted by molar-refractivity contribution is 0.0529. The third-order valence-electron chi connectivity index (χ3n) is 2.86. The number of alkyl carbamates (subject to hydrolysis) is 1. The van der Waals surface area contributed by atoms with E-state index in [1.54, 1.807) is 0 Å². The first-order chi connectivity index (χ1) is 10.4. The smallest absolute Gasteiger partial charge is 0.407 e. The molecule has 0 spiro atoms. The highest BCUT2D eigenvalue weighted by atomic mass is 16.6. The summed E-state index contributed by atoms with van der Waals surface area (Å²) in [5.41, 5.74) is 0.576. The molecule has 0 saturated carbocycles. The Kier molecular flexibility index (Phi) is 5.31. The Balaban J connectivity index is 1.75. The van der Waals surface area contributed by atoms with Crippen LogP contribution in [0.5, 0.6) is 11.5 Å². The van der Waals surface area contributed by atoms with E-state index in [9.17, 15) is 4.79 Å². The number of benzene rings is 1. The Labute approximate surface area is 131 Å². The zero-order valence-corrected chi connectivity index (χ0v) is 13.3. The van der Waals surface area contributed by atoms with Crippen molar-refractivity contribution < 1.29 is 19.0 Å². The third-order valence-corrected chi connectivity index (χ3v) is 2.86. The molecule has 0 unspecified atom stereocenters. The Morgan fingerprint density at radius 1 is 1.27 bits per heavy atom. The zero-order chi connectivity index (χ0) is 16.0. The molecule has 5 heteroatoms. The number of carbonyl (C=O) groups excluding carboxylic acids is 1. The van der Waals surface area contributed by atoms with Crippen LogP contribution >= 0.6 is 0 Å². The molecule has 1 aromatic rings. The van der Waals surface area contributed by atoms with Crippen LogP contribution < -0.4 is 14.8 Å². The maximum atomic E-state index is 11.5. The molecule has 2 rings (SSSR count). The van der Waals surface area contributed by atoms with Gasteiger partial charge in [-0.1, -0.05) is 18.2 Å². The molecule has 1 aliphatic rings. The van der Waals surface area contributed by atoms with Gasteiger partial charge in [-0.05, 0) is 44.9 Å². The van der Waals surface area contributed by atoms with Crippen LogP contribution in [-0.2, 0) is 4.74 Å². The monoisotopic (exact) mass is 305 g/mol. The maximum absolute atomic E-state index is 11.5. The predicted molar refractivity (Wildman–Crippen MR) is 85.3 cm³/mol. The second kappa shape index (κ2) is 7.20. The average Bonchev–Trinajstić information content (AvgIpc) is 2.45. The molecule has 1 heterocycles. The molecule has 120 valence electrons. The van der Waals surface area contributed by atoms with E-state index in [0.29, 0.717) is 19.8 Å². The predicted octanol–water partition coefficient (Wildman–Crippen LogP) is 3.39. The highest BCUT2D eigenvalue weighted by molar-refractivity contribution is 5.67. The quantitative estimate of drug-likeness (QED) is 0.866. The molecule has 5 nitrogen and oxygen atoms in total. The molecule has 0 aromatic heterocycles. The number of hydrogen-bond acceptors (Lipinski definition) is 4. The van der Waals surface area contributed by atoms with Crippen molar-refractivity contribution in [2.24, 2.45) is 0 Å². The van der Waals surface area contributed by atoms with E-state index >= 15 is 0 Å². The van der Waals surface area contributed by atoms with Crippen molar-refractivity contribution in [1.82, 2.24) is 5.32 Å². The van der Waals surface area contributed by atoms with E-state index in [0.717, 1.165) is 23.5 Å². The van der Waals surface area contributed by atoms with Crippen LogP contribution in [0.15, 0.2) is 24.3 Å². The van der Waals surface area contributed by atoms with Crippen molar-refractivity contribution in [2.75, 3.05) is 19.8 Å². The molecule has 0 radical (unpaired) electrons. The number of nitrogens with one attached hydrogen (secondary N) is 1. The SMILES string of the molecule is CC(C)(C)OC(=O)NCCC=Cc1ccc2c(c1)OCCO2. The number of rotatable bonds is 4. The van der Waals surface area contributed by atoms with Gasteiger partial charge in [0.15, 0.2) is 11.5 Å². The number of ether oxygens (including phenoxy) is 3. The van der Waals surface area contributed by atoms with Gasteiger partial charge in [0.1, 0.15) is 18.8 Å². The van der Waals surface area contributed by atoms with Gasteiger partial charge in [0.25, 0.3) is 0 Å². The summed E-state index contributed by atoms with van der Waals surface area (Å²) in [7, 11) is 0. The van der Waals surface area contributed by atoms with Gasteiger partial charge in [-0.25, -0.2) is 4.79 Å². The summed E-state index contributed by atoms with van der Waals surface area (Å²) in [4.78, 5) is 11.5. The van der Waals surface area contributed by atoms with Crippen LogP contribution in [0, 0.1) is 0 Å². The number of fused-ring (bicyclic) bond motifs is 1. The summed E-state index contributed by atoms with van der Waals surface area (Å²) < 4.78 is 16.2. The van der Waals surface area contributed by atoms with Crippen LogP contribution in [0.1, 0.15) is 32.8 Å². The van der Waals surface area contributed by atoms with Gasteiger partial charge in [0, 0.05) is 6.54 Å². The van der Waals surface area contributed by atoms with Gasteiger partial charge in [-0.2, -0.15) is 0 Å². The summed E-state index contributed by atoms with van der Waals surface area (Å²) in [5.74, 6) is 1.57. The van der Waals surface area contributed by atoms with E-state index in [2.05, 4.69) is 5.32 Å². The Morgan fingerprint density at radius 2 is 2.00 bits per heavy atom. The van der Waals surface area contributed by atoms with Crippen molar-refractivity contribution >= 4 is 12.2 Å². The van der Waals surface area contributed by atoms with E-state index in [4.69, 9.17) is 14.2 Å². The summed E-state index contributed by atoms with van der Waals surface area (Å²) in [6.45, 7) is 7.24. The first kappa shape index (κ1) is 16.2. The van der Waals surface area contributed by atoms with Gasteiger partial charge in [0.2, 0.25) is 0 Å². The van der Waals surface area contributed by atoms with Gasteiger partial charge in [0.05, 0.1) is 0 Å². The second-order valence-electron chi connectivity index (χ2n) is 6.02. The highest BCUT2D eigenvalue weighted by Gasteiger charge is 2.15. The molecule has 1 aliphatic heterocycles. The van der Waals surface area contributed by atoms with Crippen LogP contribution in [0.3, 0.4) is 0 Å². The highest BCUT2D eigenvalue weighted by Crippen LogP contribution is 2.31. The lowest BCUT2D eigenvalue weighted by Crippen LogP contribution is -2.32. The summed E-state index contributed by atoms with van der Waals surface area (Å²) in [6, 6.07) is 5.84. The molecule has 0 atom stereocenters. The lowest BCUT2D eigenvalue weighted by Gasteiger charge is -2.19. The number of hydrogen-bond donors (Lipinski definition) is 1. The molecule has 22 heavy (non-hydrogen) atoms.